The highest BCUT2D eigenvalue weighted by atomic mass is 35.5. The lowest BCUT2D eigenvalue weighted by Crippen LogP contribution is -3.15. The first-order valence-electron chi connectivity index (χ1n) is 8.98. The number of nitrogens with zero attached hydrogens (tertiary/aromatic N) is 1. The number of aliphatic hydroxyl groups is 1. The molecule has 0 saturated carbocycles. The minimum Gasteiger partial charge on any atom is -0.491 e. The molecule has 0 bridgehead atoms. The van der Waals surface area contributed by atoms with Gasteiger partial charge in [0.1, 0.15) is 25.0 Å². The van der Waals surface area contributed by atoms with Crippen LogP contribution in [0.15, 0.2) is 24.3 Å². The van der Waals surface area contributed by atoms with E-state index in [-0.39, 0.29) is 12.7 Å². The van der Waals surface area contributed by atoms with Gasteiger partial charge in [-0.25, -0.2) is 4.79 Å². The maximum atomic E-state index is 11.7. The van der Waals surface area contributed by atoms with E-state index in [2.05, 4.69) is 0 Å². The molecule has 1 aromatic carbocycles. The van der Waals surface area contributed by atoms with Crippen molar-refractivity contribution in [1.82, 2.24) is 4.90 Å². The lowest BCUT2D eigenvalue weighted by molar-refractivity contribution is -0.907. The minimum absolute atomic E-state index is 0.254. The number of amides is 1. The Morgan fingerprint density at radius 2 is 1.96 bits per heavy atom. The normalized spacial score (nSPS) is 16.3. The summed E-state index contributed by atoms with van der Waals surface area (Å²) < 4.78 is 16.0. The summed E-state index contributed by atoms with van der Waals surface area (Å²) in [4.78, 5) is 14.6. The van der Waals surface area contributed by atoms with Gasteiger partial charge < -0.3 is 24.2 Å². The third kappa shape index (κ3) is 7.37. The number of halogens is 1. The van der Waals surface area contributed by atoms with Gasteiger partial charge in [0, 0.05) is 5.02 Å². The van der Waals surface area contributed by atoms with Crippen LogP contribution >= 0.6 is 11.6 Å². The molecule has 1 heterocycles. The molecule has 26 heavy (non-hydrogen) atoms. The molecule has 8 heteroatoms. The summed E-state index contributed by atoms with van der Waals surface area (Å²) in [5.74, 6) is 0.738. The number of carbonyl (C=O) groups is 1. The third-order valence-corrected chi connectivity index (χ3v) is 4.39. The van der Waals surface area contributed by atoms with Crippen molar-refractivity contribution in [3.63, 3.8) is 0 Å². The second-order valence-corrected chi connectivity index (χ2v) is 6.61. The van der Waals surface area contributed by atoms with E-state index < -0.39 is 6.10 Å². The van der Waals surface area contributed by atoms with Crippen LogP contribution in [-0.4, -0.2) is 81.4 Å². The second-order valence-electron chi connectivity index (χ2n) is 6.17. The fraction of sp³-hybridized carbons (Fsp3) is 0.611. The zero-order chi connectivity index (χ0) is 18.8. The minimum atomic E-state index is -0.533. The van der Waals surface area contributed by atoms with E-state index in [0.717, 1.165) is 18.8 Å². The van der Waals surface area contributed by atoms with Crippen LogP contribution in [0.4, 0.5) is 4.79 Å². The first-order chi connectivity index (χ1) is 12.6. The molecule has 0 aromatic heterocycles. The van der Waals surface area contributed by atoms with Gasteiger partial charge in [0.25, 0.3) is 0 Å². The Balaban J connectivity index is 1.53. The average molecular weight is 388 g/mol. The molecule has 0 unspecified atom stereocenters. The fourth-order valence-corrected chi connectivity index (χ4v) is 2.91. The lowest BCUT2D eigenvalue weighted by atomic mass is 10.3. The van der Waals surface area contributed by atoms with Crippen LogP contribution in [0.1, 0.15) is 6.92 Å². The zero-order valence-corrected chi connectivity index (χ0v) is 15.9. The van der Waals surface area contributed by atoms with Crippen molar-refractivity contribution in [2.24, 2.45) is 0 Å². The highest BCUT2D eigenvalue weighted by Gasteiger charge is 2.25. The molecule has 1 aliphatic heterocycles. The number of hydrogen-bond donors (Lipinski definition) is 2. The maximum Gasteiger partial charge on any atom is 0.410 e. The van der Waals surface area contributed by atoms with Gasteiger partial charge in [-0.2, -0.15) is 0 Å². The number of benzene rings is 1. The Morgan fingerprint density at radius 3 is 2.62 bits per heavy atom. The highest BCUT2D eigenvalue weighted by molar-refractivity contribution is 6.30. The van der Waals surface area contributed by atoms with Crippen molar-refractivity contribution in [2.45, 2.75) is 13.0 Å². The molecule has 1 aromatic rings. The lowest BCUT2D eigenvalue weighted by Gasteiger charge is -2.32. The number of carbonyl (C=O) groups excluding carboxylic acids is 1. The van der Waals surface area contributed by atoms with Gasteiger partial charge in [0.15, 0.2) is 0 Å². The molecule has 1 fully saturated rings. The molecule has 1 aliphatic rings. The van der Waals surface area contributed by atoms with Crippen LogP contribution in [0.3, 0.4) is 0 Å². The van der Waals surface area contributed by atoms with Crippen LogP contribution in [0.2, 0.25) is 5.02 Å². The van der Waals surface area contributed by atoms with E-state index in [4.69, 9.17) is 25.8 Å². The number of piperazine rings is 1. The van der Waals surface area contributed by atoms with Gasteiger partial charge in [-0.1, -0.05) is 11.6 Å². The first-order valence-corrected chi connectivity index (χ1v) is 9.35. The molecule has 2 rings (SSSR count). The molecule has 0 aliphatic carbocycles. The summed E-state index contributed by atoms with van der Waals surface area (Å²) in [7, 11) is 0. The van der Waals surface area contributed by atoms with Crippen LogP contribution in [0, 0.1) is 0 Å². The molecular weight excluding hydrogens is 360 g/mol. The topological polar surface area (TPSA) is 72.7 Å². The number of hydrogen-bond acceptors (Lipinski definition) is 5. The van der Waals surface area contributed by atoms with E-state index in [1.807, 2.05) is 0 Å². The predicted molar refractivity (Wildman–Crippen MR) is 97.9 cm³/mol. The fourth-order valence-electron chi connectivity index (χ4n) is 2.79. The van der Waals surface area contributed by atoms with Crippen molar-refractivity contribution in [3.05, 3.63) is 29.3 Å². The van der Waals surface area contributed by atoms with Gasteiger partial charge in [0.2, 0.25) is 0 Å². The largest absolute Gasteiger partial charge is 0.491 e. The van der Waals surface area contributed by atoms with Crippen molar-refractivity contribution < 1.29 is 29.0 Å². The predicted octanol–water partition coefficient (Wildman–Crippen LogP) is 0.453. The molecular formula is C18H28ClN2O5+. The van der Waals surface area contributed by atoms with E-state index in [1.54, 1.807) is 36.1 Å². The number of quaternary nitrogens is 1. The number of ether oxygens (including phenoxy) is 3. The van der Waals surface area contributed by atoms with Gasteiger partial charge >= 0.3 is 6.09 Å². The van der Waals surface area contributed by atoms with Crippen LogP contribution in [0.5, 0.6) is 5.75 Å². The van der Waals surface area contributed by atoms with E-state index in [9.17, 15) is 9.90 Å². The smallest absolute Gasteiger partial charge is 0.410 e. The van der Waals surface area contributed by atoms with E-state index in [0.29, 0.717) is 44.5 Å². The van der Waals surface area contributed by atoms with E-state index in [1.165, 1.54) is 4.90 Å². The number of rotatable bonds is 9. The first kappa shape index (κ1) is 20.8. The number of aliphatic hydroxyl groups excluding tert-OH is 1. The monoisotopic (exact) mass is 387 g/mol. The maximum absolute atomic E-state index is 11.7. The Hall–Kier alpha value is -1.54. The van der Waals surface area contributed by atoms with Crippen molar-refractivity contribution >= 4 is 17.7 Å². The summed E-state index contributed by atoms with van der Waals surface area (Å²) in [5.41, 5.74) is 0. The SMILES string of the molecule is CCOC(=O)N1CC[NH+](C[C@H](O)COCCOc2ccc(Cl)cc2)CC1. The Kier molecular flexibility index (Phi) is 8.97. The van der Waals surface area contributed by atoms with Crippen molar-refractivity contribution in [1.29, 1.82) is 0 Å². The van der Waals surface area contributed by atoms with Crippen molar-refractivity contribution in [2.75, 3.05) is 59.2 Å². The second kappa shape index (κ2) is 11.2. The molecule has 1 atom stereocenters. The van der Waals surface area contributed by atoms with Crippen molar-refractivity contribution in [3.8, 4) is 5.75 Å². The van der Waals surface area contributed by atoms with Crippen LogP contribution < -0.4 is 9.64 Å². The van der Waals surface area contributed by atoms with Gasteiger partial charge in [-0.3, -0.25) is 4.90 Å². The summed E-state index contributed by atoms with van der Waals surface area (Å²) >= 11 is 5.81. The molecule has 146 valence electrons. The summed E-state index contributed by atoms with van der Waals surface area (Å²) in [5, 5.41) is 10.8. The number of nitrogens with one attached hydrogen (secondary N) is 1. The Morgan fingerprint density at radius 1 is 1.27 bits per heavy atom. The highest BCUT2D eigenvalue weighted by Crippen LogP contribution is 2.15. The van der Waals surface area contributed by atoms with Gasteiger partial charge in [0.05, 0.1) is 46.0 Å². The summed E-state index contributed by atoms with van der Waals surface area (Å²) in [6, 6.07) is 7.14. The van der Waals surface area contributed by atoms with Crippen LogP contribution in [-0.2, 0) is 9.47 Å². The summed E-state index contributed by atoms with van der Waals surface area (Å²) in [6.07, 6.45) is -0.786. The molecule has 2 N–H and O–H groups in total. The molecule has 1 amide bonds. The third-order valence-electron chi connectivity index (χ3n) is 4.14. The average Bonchev–Trinajstić information content (AvgIpc) is 2.64. The van der Waals surface area contributed by atoms with E-state index >= 15 is 0 Å². The summed E-state index contributed by atoms with van der Waals surface area (Å²) in [6.45, 7) is 6.80. The Bertz CT molecular complexity index is 535. The quantitative estimate of drug-likeness (QED) is 0.602. The van der Waals surface area contributed by atoms with Crippen LogP contribution in [0.25, 0.3) is 0 Å². The molecule has 7 nitrogen and oxygen atoms in total. The van der Waals surface area contributed by atoms with Gasteiger partial charge in [-0.05, 0) is 31.2 Å². The standard InChI is InChI=1S/C18H27ClN2O5/c1-2-25-18(23)21-9-7-20(8-10-21)13-16(22)14-24-11-12-26-17-5-3-15(19)4-6-17/h3-6,16,22H,2,7-14H2,1H3/p+1/t16-/m0/s1. The van der Waals surface area contributed by atoms with Gasteiger partial charge in [-0.15, -0.1) is 0 Å². The molecule has 0 radical (unpaired) electrons. The molecule has 1 saturated heterocycles. The molecule has 0 spiro atoms. The Labute approximate surface area is 159 Å². The zero-order valence-electron chi connectivity index (χ0n) is 15.2.